The number of carbonyl (C=O) groups is 2. The van der Waals surface area contributed by atoms with E-state index in [1.165, 1.54) is 11.8 Å². The molecule has 0 aliphatic carbocycles. The molecule has 0 saturated heterocycles. The van der Waals surface area contributed by atoms with Gasteiger partial charge in [0.1, 0.15) is 0 Å². The molecule has 1 aliphatic heterocycles. The van der Waals surface area contributed by atoms with Crippen LogP contribution in [-0.4, -0.2) is 37.9 Å². The van der Waals surface area contributed by atoms with E-state index < -0.39 is 6.29 Å². The number of halogens is 1. The molecule has 3 rings (SSSR count). The Labute approximate surface area is 185 Å². The topological polar surface area (TPSA) is 76.7 Å². The number of hydrogen-bond donors (Lipinski definition) is 2. The Morgan fingerprint density at radius 1 is 1.20 bits per heavy atom. The number of rotatable bonds is 8. The van der Waals surface area contributed by atoms with Crippen molar-refractivity contribution in [3.05, 3.63) is 63.5 Å². The van der Waals surface area contributed by atoms with E-state index >= 15 is 0 Å². The maximum atomic E-state index is 12.5. The van der Waals surface area contributed by atoms with Crippen LogP contribution in [0.3, 0.4) is 0 Å². The largest absolute Gasteiger partial charge is 0.351 e. The summed E-state index contributed by atoms with van der Waals surface area (Å²) in [4.78, 5) is 26.4. The molecule has 8 heteroatoms. The van der Waals surface area contributed by atoms with Gasteiger partial charge in [0.15, 0.2) is 6.29 Å². The predicted molar refractivity (Wildman–Crippen MR) is 120 cm³/mol. The number of ether oxygens (including phenoxy) is 2. The van der Waals surface area contributed by atoms with Crippen molar-refractivity contribution < 1.29 is 19.1 Å². The summed E-state index contributed by atoms with van der Waals surface area (Å²) in [6.07, 6.45) is 1.30. The number of amides is 2. The Morgan fingerprint density at radius 2 is 1.97 bits per heavy atom. The molecule has 0 unspecified atom stereocenters. The fraction of sp³-hybridized carbons (Fsp3) is 0.273. The van der Waals surface area contributed by atoms with Crippen LogP contribution >= 0.6 is 23.4 Å². The fourth-order valence-corrected chi connectivity index (χ4v) is 4.00. The van der Waals surface area contributed by atoms with Gasteiger partial charge in [0.2, 0.25) is 0 Å². The van der Waals surface area contributed by atoms with Gasteiger partial charge in [-0.05, 0) is 55.8 Å². The monoisotopic (exact) mass is 446 g/mol. The molecule has 0 spiro atoms. The highest BCUT2D eigenvalue weighted by Crippen LogP contribution is 2.39. The molecular formula is C22H23ClN2O4S. The molecule has 6 nitrogen and oxygen atoms in total. The van der Waals surface area contributed by atoms with Crippen molar-refractivity contribution in [1.82, 2.24) is 5.32 Å². The summed E-state index contributed by atoms with van der Waals surface area (Å²) in [5.41, 5.74) is 1.90. The maximum Gasteiger partial charge on any atom is 0.262 e. The lowest BCUT2D eigenvalue weighted by Gasteiger charge is -2.20. The molecule has 1 aliphatic rings. The first-order valence-corrected chi connectivity index (χ1v) is 10.8. The van der Waals surface area contributed by atoms with Crippen molar-refractivity contribution in [3.63, 3.8) is 0 Å². The van der Waals surface area contributed by atoms with Gasteiger partial charge < -0.3 is 20.1 Å². The second kappa shape index (κ2) is 10.6. The van der Waals surface area contributed by atoms with Crippen molar-refractivity contribution in [1.29, 1.82) is 0 Å². The van der Waals surface area contributed by atoms with E-state index in [0.29, 0.717) is 34.4 Å². The molecular weight excluding hydrogens is 424 g/mol. The van der Waals surface area contributed by atoms with E-state index in [2.05, 4.69) is 10.6 Å². The molecule has 0 bridgehead atoms. The van der Waals surface area contributed by atoms with Gasteiger partial charge in [-0.25, -0.2) is 0 Å². The minimum Gasteiger partial charge on any atom is -0.351 e. The highest BCUT2D eigenvalue weighted by Gasteiger charge is 2.22. The Hall–Kier alpha value is -2.32. The number of carbonyl (C=O) groups excluding carboxylic acids is 2. The molecule has 158 valence electrons. The lowest BCUT2D eigenvalue weighted by Crippen LogP contribution is -2.35. The zero-order chi connectivity index (χ0) is 21.5. The summed E-state index contributed by atoms with van der Waals surface area (Å²) in [6, 6.07) is 12.5. The minimum absolute atomic E-state index is 0.224. The first-order valence-electron chi connectivity index (χ1n) is 9.62. The summed E-state index contributed by atoms with van der Waals surface area (Å²) in [5.74, 6) is -0.487. The Kier molecular flexibility index (Phi) is 7.93. The molecule has 0 radical (unpaired) electrons. The molecule has 1 heterocycles. The van der Waals surface area contributed by atoms with Gasteiger partial charge in [0, 0.05) is 28.7 Å². The second-order valence-corrected chi connectivity index (χ2v) is 7.90. The Morgan fingerprint density at radius 3 is 2.67 bits per heavy atom. The second-order valence-electron chi connectivity index (χ2n) is 6.38. The third kappa shape index (κ3) is 5.86. The van der Waals surface area contributed by atoms with E-state index in [9.17, 15) is 9.59 Å². The quantitative estimate of drug-likeness (QED) is 0.459. The van der Waals surface area contributed by atoms with Crippen LogP contribution in [0.25, 0.3) is 6.08 Å². The summed E-state index contributed by atoms with van der Waals surface area (Å²) in [7, 11) is 0. The van der Waals surface area contributed by atoms with E-state index in [4.69, 9.17) is 21.1 Å². The smallest absolute Gasteiger partial charge is 0.262 e. The third-order valence-corrected chi connectivity index (χ3v) is 5.55. The van der Waals surface area contributed by atoms with Crippen LogP contribution in [-0.2, 0) is 14.3 Å². The molecule has 0 saturated carbocycles. The molecule has 0 fully saturated rings. The molecule has 2 amide bonds. The number of benzene rings is 2. The normalized spacial score (nSPS) is 14.5. The van der Waals surface area contributed by atoms with Crippen molar-refractivity contribution in [2.75, 3.05) is 25.1 Å². The molecule has 2 aromatic carbocycles. The van der Waals surface area contributed by atoms with Crippen molar-refractivity contribution in [3.8, 4) is 0 Å². The van der Waals surface area contributed by atoms with Crippen molar-refractivity contribution >= 4 is 46.9 Å². The number of nitrogens with one attached hydrogen (secondary N) is 2. The predicted octanol–water partition coefficient (Wildman–Crippen LogP) is 4.55. The summed E-state index contributed by atoms with van der Waals surface area (Å²) in [5, 5.41) is 6.27. The lowest BCUT2D eigenvalue weighted by atomic mass is 10.1. The Bertz CT molecular complexity index is 958. The van der Waals surface area contributed by atoms with Gasteiger partial charge >= 0.3 is 0 Å². The van der Waals surface area contributed by atoms with Crippen LogP contribution < -0.4 is 10.6 Å². The number of anilines is 1. The highest BCUT2D eigenvalue weighted by atomic mass is 35.5. The van der Waals surface area contributed by atoms with Gasteiger partial charge in [-0.3, -0.25) is 9.59 Å². The fourth-order valence-electron chi connectivity index (χ4n) is 2.87. The first-order chi connectivity index (χ1) is 14.5. The lowest BCUT2D eigenvalue weighted by molar-refractivity contribution is -0.131. The minimum atomic E-state index is -0.490. The van der Waals surface area contributed by atoms with Gasteiger partial charge in [-0.2, -0.15) is 0 Å². The molecule has 0 atom stereocenters. The van der Waals surface area contributed by atoms with Crippen molar-refractivity contribution in [2.24, 2.45) is 0 Å². The SMILES string of the molecule is CCOC(CNC(=O)c1ccc2c(c1)NC(=O)/C(=C\c1cccc(Cl)c1)S2)OCC. The average Bonchev–Trinajstić information content (AvgIpc) is 2.72. The zero-order valence-electron chi connectivity index (χ0n) is 16.7. The van der Waals surface area contributed by atoms with Crippen LogP contribution in [0.15, 0.2) is 52.3 Å². The van der Waals surface area contributed by atoms with E-state index in [-0.39, 0.29) is 18.4 Å². The van der Waals surface area contributed by atoms with Crippen LogP contribution in [0.2, 0.25) is 5.02 Å². The van der Waals surface area contributed by atoms with E-state index in [1.807, 2.05) is 32.0 Å². The van der Waals surface area contributed by atoms with Crippen LogP contribution in [0.1, 0.15) is 29.8 Å². The summed E-state index contributed by atoms with van der Waals surface area (Å²) >= 11 is 7.37. The van der Waals surface area contributed by atoms with Gasteiger partial charge in [-0.15, -0.1) is 0 Å². The molecule has 30 heavy (non-hydrogen) atoms. The van der Waals surface area contributed by atoms with Crippen molar-refractivity contribution in [2.45, 2.75) is 25.0 Å². The summed E-state index contributed by atoms with van der Waals surface area (Å²) < 4.78 is 10.9. The summed E-state index contributed by atoms with van der Waals surface area (Å²) in [6.45, 7) is 4.96. The third-order valence-electron chi connectivity index (χ3n) is 4.21. The number of hydrogen-bond acceptors (Lipinski definition) is 5. The first kappa shape index (κ1) is 22.4. The van der Waals surface area contributed by atoms with Crippen LogP contribution in [0.5, 0.6) is 0 Å². The van der Waals surface area contributed by atoms with Crippen LogP contribution in [0.4, 0.5) is 5.69 Å². The zero-order valence-corrected chi connectivity index (χ0v) is 18.3. The number of fused-ring (bicyclic) bond motifs is 1. The standard InChI is InChI=1S/C22H23ClN2O4S/c1-3-28-20(29-4-2)13-24-21(26)15-8-9-18-17(12-15)25-22(27)19(30-18)11-14-6-5-7-16(23)10-14/h5-12,20H,3-4,13H2,1-2H3,(H,24,26)(H,25,27)/b19-11+. The van der Waals surface area contributed by atoms with Gasteiger partial charge in [0.05, 0.1) is 17.1 Å². The Balaban J connectivity index is 1.70. The molecule has 0 aromatic heterocycles. The molecule has 2 aromatic rings. The van der Waals surface area contributed by atoms with Crippen LogP contribution in [0, 0.1) is 0 Å². The van der Waals surface area contributed by atoms with Gasteiger partial charge in [-0.1, -0.05) is 35.5 Å². The molecule has 2 N–H and O–H groups in total. The maximum absolute atomic E-state index is 12.5. The van der Waals surface area contributed by atoms with E-state index in [0.717, 1.165) is 10.5 Å². The average molecular weight is 447 g/mol. The number of thioether (sulfide) groups is 1. The van der Waals surface area contributed by atoms with Gasteiger partial charge in [0.25, 0.3) is 11.8 Å². The highest BCUT2D eigenvalue weighted by molar-refractivity contribution is 8.04. The van der Waals surface area contributed by atoms with E-state index in [1.54, 1.807) is 30.3 Å².